The van der Waals surface area contributed by atoms with Crippen molar-refractivity contribution < 1.29 is 5.11 Å². The quantitative estimate of drug-likeness (QED) is 0.641. The first-order chi connectivity index (χ1) is 6.31. The molecular weight excluding hydrogens is 160 g/mol. The van der Waals surface area contributed by atoms with Gasteiger partial charge in [-0.25, -0.2) is 0 Å². The van der Waals surface area contributed by atoms with Crippen LogP contribution < -0.4 is 0 Å². The van der Waals surface area contributed by atoms with Gasteiger partial charge in [-0.1, -0.05) is 24.1 Å². The van der Waals surface area contributed by atoms with Crippen molar-refractivity contribution in [2.24, 2.45) is 0 Å². The Morgan fingerprint density at radius 3 is 2.85 bits per heavy atom. The van der Waals surface area contributed by atoms with Crippen LogP contribution >= 0.6 is 0 Å². The van der Waals surface area contributed by atoms with Gasteiger partial charge in [-0.15, -0.1) is 6.42 Å². The van der Waals surface area contributed by atoms with Gasteiger partial charge in [0.1, 0.15) is 6.10 Å². The predicted molar refractivity (Wildman–Crippen MR) is 52.3 cm³/mol. The largest absolute Gasteiger partial charge is 0.376 e. The second-order valence-corrected chi connectivity index (χ2v) is 3.45. The fraction of sp³-hybridized carbons (Fsp3) is 0.333. The topological polar surface area (TPSA) is 20.2 Å². The van der Waals surface area contributed by atoms with Crippen LogP contribution in [0.3, 0.4) is 0 Å². The van der Waals surface area contributed by atoms with Gasteiger partial charge in [0, 0.05) is 0 Å². The van der Waals surface area contributed by atoms with E-state index in [9.17, 15) is 5.11 Å². The maximum Gasteiger partial charge on any atom is 0.139 e. The molecule has 13 heavy (non-hydrogen) atoms. The fourth-order valence-electron chi connectivity index (χ4n) is 1.86. The minimum atomic E-state index is -0.745. The molecule has 0 heterocycles. The number of hydrogen-bond donors (Lipinski definition) is 1. The number of benzene rings is 1. The second kappa shape index (κ2) is 3.24. The van der Waals surface area contributed by atoms with Crippen molar-refractivity contribution in [2.45, 2.75) is 25.4 Å². The van der Waals surface area contributed by atoms with Gasteiger partial charge in [0.2, 0.25) is 0 Å². The van der Waals surface area contributed by atoms with Crippen molar-refractivity contribution in [2.75, 3.05) is 0 Å². The Balaban J connectivity index is 2.37. The molecule has 0 fully saturated rings. The Labute approximate surface area is 78.4 Å². The number of aliphatic hydroxyl groups excluding tert-OH is 1. The van der Waals surface area contributed by atoms with E-state index in [0.29, 0.717) is 0 Å². The molecule has 0 radical (unpaired) electrons. The van der Waals surface area contributed by atoms with Gasteiger partial charge in [-0.2, -0.15) is 0 Å². The molecule has 1 atom stereocenters. The highest BCUT2D eigenvalue weighted by molar-refractivity contribution is 5.37. The first-order valence-electron chi connectivity index (χ1n) is 4.57. The number of aliphatic hydroxyl groups is 1. The Morgan fingerprint density at radius 2 is 2.08 bits per heavy atom. The summed E-state index contributed by atoms with van der Waals surface area (Å²) in [7, 11) is 0. The standard InChI is InChI=1S/C12H12O/c1-2-12(13)11-7-6-9-4-3-5-10(9)8-11/h1,6-8,12-13H,3-5H2. The van der Waals surface area contributed by atoms with Crippen LogP contribution in [0.4, 0.5) is 0 Å². The summed E-state index contributed by atoms with van der Waals surface area (Å²) in [6.07, 6.45) is 7.93. The van der Waals surface area contributed by atoms with Crippen molar-refractivity contribution in [3.05, 3.63) is 34.9 Å². The van der Waals surface area contributed by atoms with Gasteiger partial charge in [0.25, 0.3) is 0 Å². The molecule has 0 saturated heterocycles. The zero-order valence-corrected chi connectivity index (χ0v) is 7.46. The minimum Gasteiger partial charge on any atom is -0.376 e. The average Bonchev–Trinajstić information content (AvgIpc) is 2.63. The lowest BCUT2D eigenvalue weighted by atomic mass is 10.0. The van der Waals surface area contributed by atoms with E-state index in [1.165, 1.54) is 24.0 Å². The molecule has 1 aliphatic rings. The molecule has 0 saturated carbocycles. The lowest BCUT2D eigenvalue weighted by molar-refractivity contribution is 0.238. The summed E-state index contributed by atoms with van der Waals surface area (Å²) in [5, 5.41) is 9.42. The van der Waals surface area contributed by atoms with Crippen LogP contribution in [0.25, 0.3) is 0 Å². The summed E-state index contributed by atoms with van der Waals surface area (Å²) in [4.78, 5) is 0. The van der Waals surface area contributed by atoms with Crippen molar-refractivity contribution in [3.63, 3.8) is 0 Å². The maximum atomic E-state index is 9.42. The normalized spacial score (nSPS) is 16.3. The molecule has 1 N–H and O–H groups in total. The molecule has 0 aliphatic heterocycles. The van der Waals surface area contributed by atoms with Crippen molar-refractivity contribution in [1.82, 2.24) is 0 Å². The smallest absolute Gasteiger partial charge is 0.139 e. The van der Waals surface area contributed by atoms with Crippen molar-refractivity contribution in [3.8, 4) is 12.3 Å². The van der Waals surface area contributed by atoms with E-state index in [2.05, 4.69) is 12.0 Å². The summed E-state index contributed by atoms with van der Waals surface area (Å²) < 4.78 is 0. The Morgan fingerprint density at radius 1 is 1.31 bits per heavy atom. The van der Waals surface area contributed by atoms with Crippen molar-refractivity contribution >= 4 is 0 Å². The lowest BCUT2D eigenvalue weighted by Gasteiger charge is -2.06. The van der Waals surface area contributed by atoms with E-state index in [4.69, 9.17) is 6.42 Å². The second-order valence-electron chi connectivity index (χ2n) is 3.45. The van der Waals surface area contributed by atoms with Crippen LogP contribution in [0.15, 0.2) is 18.2 Å². The van der Waals surface area contributed by atoms with E-state index in [1.54, 1.807) is 0 Å². The lowest BCUT2D eigenvalue weighted by Crippen LogP contribution is -1.94. The fourth-order valence-corrected chi connectivity index (χ4v) is 1.86. The highest BCUT2D eigenvalue weighted by atomic mass is 16.3. The maximum absolute atomic E-state index is 9.42. The highest BCUT2D eigenvalue weighted by Crippen LogP contribution is 2.25. The SMILES string of the molecule is C#CC(O)c1ccc2c(c1)CCC2. The molecule has 0 amide bonds. The van der Waals surface area contributed by atoms with Crippen LogP contribution in [0, 0.1) is 12.3 Å². The van der Waals surface area contributed by atoms with Crippen LogP contribution in [0.1, 0.15) is 29.2 Å². The first-order valence-corrected chi connectivity index (χ1v) is 4.57. The van der Waals surface area contributed by atoms with Crippen molar-refractivity contribution in [1.29, 1.82) is 0 Å². The van der Waals surface area contributed by atoms with Gasteiger partial charge < -0.3 is 5.11 Å². The van der Waals surface area contributed by atoms with Gasteiger partial charge in [-0.3, -0.25) is 0 Å². The molecule has 1 unspecified atom stereocenters. The average molecular weight is 172 g/mol. The van der Waals surface area contributed by atoms with Gasteiger partial charge >= 0.3 is 0 Å². The minimum absolute atomic E-state index is 0.745. The van der Waals surface area contributed by atoms with Gasteiger partial charge in [0.05, 0.1) is 0 Å². The molecular formula is C12H12O. The summed E-state index contributed by atoms with van der Waals surface area (Å²) in [5.41, 5.74) is 3.61. The van der Waals surface area contributed by atoms with E-state index in [0.717, 1.165) is 12.0 Å². The predicted octanol–water partition coefficient (Wildman–Crippen LogP) is 1.84. The van der Waals surface area contributed by atoms with Crippen LogP contribution in [0.2, 0.25) is 0 Å². The zero-order chi connectivity index (χ0) is 9.26. The van der Waals surface area contributed by atoms with Crippen LogP contribution in [-0.2, 0) is 12.8 Å². The molecule has 1 aromatic rings. The van der Waals surface area contributed by atoms with Crippen LogP contribution in [-0.4, -0.2) is 5.11 Å². The number of fused-ring (bicyclic) bond motifs is 1. The van der Waals surface area contributed by atoms with Gasteiger partial charge in [0.15, 0.2) is 0 Å². The number of hydrogen-bond acceptors (Lipinski definition) is 1. The summed E-state index contributed by atoms with van der Waals surface area (Å²) >= 11 is 0. The molecule has 66 valence electrons. The molecule has 1 nitrogen and oxygen atoms in total. The third-order valence-corrected chi connectivity index (χ3v) is 2.60. The van der Waals surface area contributed by atoms with E-state index < -0.39 is 6.10 Å². The third-order valence-electron chi connectivity index (χ3n) is 2.60. The zero-order valence-electron chi connectivity index (χ0n) is 7.46. The Bertz CT molecular complexity index is 360. The highest BCUT2D eigenvalue weighted by Gasteiger charge is 2.12. The van der Waals surface area contributed by atoms with Crippen LogP contribution in [0.5, 0.6) is 0 Å². The summed E-state index contributed by atoms with van der Waals surface area (Å²) in [6, 6.07) is 6.04. The molecule has 2 rings (SSSR count). The first kappa shape index (κ1) is 8.34. The monoisotopic (exact) mass is 172 g/mol. The number of terminal acetylenes is 1. The van der Waals surface area contributed by atoms with E-state index in [-0.39, 0.29) is 0 Å². The Kier molecular flexibility index (Phi) is 2.08. The number of rotatable bonds is 1. The molecule has 0 spiro atoms. The molecule has 1 aromatic carbocycles. The summed E-state index contributed by atoms with van der Waals surface area (Å²) in [5.74, 6) is 2.33. The molecule has 0 bridgehead atoms. The number of aryl methyl sites for hydroxylation is 2. The molecule has 1 aliphatic carbocycles. The molecule has 1 heteroatoms. The van der Waals surface area contributed by atoms with Gasteiger partial charge in [-0.05, 0) is 36.0 Å². The summed E-state index contributed by atoms with van der Waals surface area (Å²) in [6.45, 7) is 0. The van der Waals surface area contributed by atoms with E-state index in [1.807, 2.05) is 12.1 Å². The third kappa shape index (κ3) is 1.46. The Hall–Kier alpha value is -1.26. The van der Waals surface area contributed by atoms with E-state index >= 15 is 0 Å². The molecule has 0 aromatic heterocycles.